The number of nitrogens with one attached hydrogen (secondary N) is 1. The van der Waals surface area contributed by atoms with E-state index in [2.05, 4.69) is 5.32 Å². The van der Waals surface area contributed by atoms with E-state index in [0.29, 0.717) is 10.6 Å². The fourth-order valence-corrected chi connectivity index (χ4v) is 2.68. The van der Waals surface area contributed by atoms with Crippen molar-refractivity contribution in [2.45, 2.75) is 25.9 Å². The van der Waals surface area contributed by atoms with Gasteiger partial charge in [-0.3, -0.25) is 4.79 Å². The maximum atomic E-state index is 12.6. The van der Waals surface area contributed by atoms with Crippen molar-refractivity contribution in [3.8, 4) is 0 Å². The molecule has 1 heterocycles. The molecule has 0 aromatic heterocycles. The van der Waals surface area contributed by atoms with Gasteiger partial charge in [0.25, 0.3) is 5.91 Å². The van der Waals surface area contributed by atoms with Gasteiger partial charge in [-0.15, -0.1) is 0 Å². The molecule has 1 saturated heterocycles. The van der Waals surface area contributed by atoms with E-state index in [0.717, 1.165) is 38.2 Å². The lowest BCUT2D eigenvalue weighted by Crippen LogP contribution is -2.40. The number of rotatable bonds is 4. The quantitative estimate of drug-likeness (QED) is 0.928. The Morgan fingerprint density at radius 3 is 2.75 bits per heavy atom. The minimum atomic E-state index is 0.0398. The molecule has 1 aliphatic rings. The van der Waals surface area contributed by atoms with Crippen molar-refractivity contribution in [2.24, 2.45) is 0 Å². The van der Waals surface area contributed by atoms with Gasteiger partial charge in [0.15, 0.2) is 0 Å². The number of hydrogen-bond donors (Lipinski definition) is 1. The second kappa shape index (κ2) is 6.95. The summed E-state index contributed by atoms with van der Waals surface area (Å²) in [5.74, 6) is 0.0398. The third kappa shape index (κ3) is 3.44. The molecule has 0 radical (unpaired) electrons. The summed E-state index contributed by atoms with van der Waals surface area (Å²) >= 11 is 6.03. The SMILES string of the molecule is CCNc1ccc(Cl)cc1C(=O)N1CCC(OC)CC1. The van der Waals surface area contributed by atoms with Crippen LogP contribution in [0.15, 0.2) is 18.2 Å². The summed E-state index contributed by atoms with van der Waals surface area (Å²) < 4.78 is 5.33. The van der Waals surface area contributed by atoms with E-state index in [9.17, 15) is 4.79 Å². The van der Waals surface area contributed by atoms with Crippen molar-refractivity contribution in [2.75, 3.05) is 32.1 Å². The summed E-state index contributed by atoms with van der Waals surface area (Å²) in [6, 6.07) is 5.40. The molecule has 0 spiro atoms. The monoisotopic (exact) mass is 296 g/mol. The number of piperidine rings is 1. The van der Waals surface area contributed by atoms with Crippen molar-refractivity contribution in [3.63, 3.8) is 0 Å². The van der Waals surface area contributed by atoms with Crippen LogP contribution >= 0.6 is 11.6 Å². The Morgan fingerprint density at radius 2 is 2.15 bits per heavy atom. The Morgan fingerprint density at radius 1 is 1.45 bits per heavy atom. The van der Waals surface area contributed by atoms with Gasteiger partial charge in [0.05, 0.1) is 11.7 Å². The molecule has 110 valence electrons. The van der Waals surface area contributed by atoms with Crippen LogP contribution < -0.4 is 5.32 Å². The number of ether oxygens (including phenoxy) is 1. The van der Waals surface area contributed by atoms with Crippen LogP contribution in [0.2, 0.25) is 5.02 Å². The maximum absolute atomic E-state index is 12.6. The Balaban J connectivity index is 2.14. The molecular weight excluding hydrogens is 276 g/mol. The summed E-state index contributed by atoms with van der Waals surface area (Å²) in [5, 5.41) is 3.80. The van der Waals surface area contributed by atoms with E-state index >= 15 is 0 Å². The average molecular weight is 297 g/mol. The molecule has 1 fully saturated rings. The van der Waals surface area contributed by atoms with Gasteiger partial charge >= 0.3 is 0 Å². The number of halogens is 1. The first-order valence-corrected chi connectivity index (χ1v) is 7.39. The third-order valence-corrected chi connectivity index (χ3v) is 3.88. The molecule has 1 aliphatic heterocycles. The van der Waals surface area contributed by atoms with E-state index in [1.165, 1.54) is 0 Å². The highest BCUT2D eigenvalue weighted by atomic mass is 35.5. The van der Waals surface area contributed by atoms with Crippen LogP contribution in [0.4, 0.5) is 5.69 Å². The van der Waals surface area contributed by atoms with Crippen LogP contribution in [0, 0.1) is 0 Å². The summed E-state index contributed by atoms with van der Waals surface area (Å²) in [6.45, 7) is 4.24. The standard InChI is InChI=1S/C15H21ClN2O2/c1-3-17-14-5-4-11(16)10-13(14)15(19)18-8-6-12(20-2)7-9-18/h4-5,10,12,17H,3,6-9H2,1-2H3. The second-order valence-corrected chi connectivity index (χ2v) is 5.38. The van der Waals surface area contributed by atoms with Gasteiger partial charge in [-0.05, 0) is 38.0 Å². The number of carbonyl (C=O) groups excluding carboxylic acids is 1. The minimum Gasteiger partial charge on any atom is -0.385 e. The normalized spacial score (nSPS) is 16.2. The molecule has 0 bridgehead atoms. The van der Waals surface area contributed by atoms with E-state index in [1.807, 2.05) is 17.9 Å². The zero-order chi connectivity index (χ0) is 14.5. The molecule has 1 aromatic rings. The first kappa shape index (κ1) is 15.1. The van der Waals surface area contributed by atoms with Crippen LogP contribution in [0.1, 0.15) is 30.1 Å². The largest absolute Gasteiger partial charge is 0.385 e. The fraction of sp³-hybridized carbons (Fsp3) is 0.533. The molecule has 5 heteroatoms. The molecule has 0 atom stereocenters. The second-order valence-electron chi connectivity index (χ2n) is 4.95. The summed E-state index contributed by atoms with van der Waals surface area (Å²) in [5.41, 5.74) is 1.49. The van der Waals surface area contributed by atoms with E-state index in [1.54, 1.807) is 19.2 Å². The zero-order valence-corrected chi connectivity index (χ0v) is 12.7. The van der Waals surface area contributed by atoms with Gasteiger partial charge in [0.1, 0.15) is 0 Å². The Hall–Kier alpha value is -1.26. The van der Waals surface area contributed by atoms with Crippen LogP contribution in [0.25, 0.3) is 0 Å². The highest BCUT2D eigenvalue weighted by Crippen LogP contribution is 2.24. The lowest BCUT2D eigenvalue weighted by atomic mass is 10.1. The van der Waals surface area contributed by atoms with Gasteiger partial charge < -0.3 is 15.0 Å². The topological polar surface area (TPSA) is 41.6 Å². The maximum Gasteiger partial charge on any atom is 0.256 e. The highest BCUT2D eigenvalue weighted by Gasteiger charge is 2.25. The van der Waals surface area contributed by atoms with Crippen molar-refractivity contribution in [1.82, 2.24) is 4.90 Å². The number of likely N-dealkylation sites (tertiary alicyclic amines) is 1. The van der Waals surface area contributed by atoms with Crippen LogP contribution in [0.3, 0.4) is 0 Å². The molecule has 1 N–H and O–H groups in total. The number of amides is 1. The molecule has 0 saturated carbocycles. The first-order chi connectivity index (χ1) is 9.65. The van der Waals surface area contributed by atoms with Crippen molar-refractivity contribution < 1.29 is 9.53 Å². The zero-order valence-electron chi connectivity index (χ0n) is 12.0. The number of anilines is 1. The highest BCUT2D eigenvalue weighted by molar-refractivity contribution is 6.31. The fourth-order valence-electron chi connectivity index (χ4n) is 2.50. The van der Waals surface area contributed by atoms with Crippen molar-refractivity contribution in [1.29, 1.82) is 0 Å². The van der Waals surface area contributed by atoms with E-state index in [4.69, 9.17) is 16.3 Å². The Labute approximate surface area is 125 Å². The molecule has 0 unspecified atom stereocenters. The van der Waals surface area contributed by atoms with Gasteiger partial charge in [-0.2, -0.15) is 0 Å². The van der Waals surface area contributed by atoms with Gasteiger partial charge in [0, 0.05) is 37.5 Å². The van der Waals surface area contributed by atoms with Gasteiger partial charge in [-0.1, -0.05) is 11.6 Å². The van der Waals surface area contributed by atoms with E-state index in [-0.39, 0.29) is 12.0 Å². The summed E-state index contributed by atoms with van der Waals surface area (Å²) in [7, 11) is 1.72. The van der Waals surface area contributed by atoms with Gasteiger partial charge in [0.2, 0.25) is 0 Å². The predicted molar refractivity (Wildman–Crippen MR) is 81.6 cm³/mol. The van der Waals surface area contributed by atoms with Gasteiger partial charge in [-0.25, -0.2) is 0 Å². The average Bonchev–Trinajstić information content (AvgIpc) is 2.48. The van der Waals surface area contributed by atoms with Crippen molar-refractivity contribution in [3.05, 3.63) is 28.8 Å². The summed E-state index contributed by atoms with van der Waals surface area (Å²) in [6.07, 6.45) is 2.05. The lowest BCUT2D eigenvalue weighted by Gasteiger charge is -2.31. The lowest BCUT2D eigenvalue weighted by molar-refractivity contribution is 0.0351. The van der Waals surface area contributed by atoms with Crippen LogP contribution in [-0.4, -0.2) is 43.7 Å². The Bertz CT molecular complexity index is 471. The molecule has 2 rings (SSSR count). The molecule has 20 heavy (non-hydrogen) atoms. The first-order valence-electron chi connectivity index (χ1n) is 7.01. The number of hydrogen-bond acceptors (Lipinski definition) is 3. The molecule has 1 amide bonds. The Kier molecular flexibility index (Phi) is 5.26. The number of benzene rings is 1. The van der Waals surface area contributed by atoms with Crippen LogP contribution in [-0.2, 0) is 4.74 Å². The molecule has 1 aromatic carbocycles. The third-order valence-electron chi connectivity index (χ3n) is 3.64. The number of carbonyl (C=O) groups is 1. The van der Waals surface area contributed by atoms with Crippen LogP contribution in [0.5, 0.6) is 0 Å². The molecule has 0 aliphatic carbocycles. The molecular formula is C15H21ClN2O2. The summed E-state index contributed by atoms with van der Waals surface area (Å²) in [4.78, 5) is 14.5. The smallest absolute Gasteiger partial charge is 0.256 e. The number of nitrogens with zero attached hydrogens (tertiary/aromatic N) is 1. The molecule has 4 nitrogen and oxygen atoms in total. The number of methoxy groups -OCH3 is 1. The minimum absolute atomic E-state index is 0.0398. The van der Waals surface area contributed by atoms with Crippen molar-refractivity contribution >= 4 is 23.2 Å². The predicted octanol–water partition coefficient (Wildman–Crippen LogP) is 3.02. The van der Waals surface area contributed by atoms with E-state index < -0.39 is 0 Å².